The number of imidazole rings is 1. The van der Waals surface area contributed by atoms with Crippen molar-refractivity contribution in [1.29, 1.82) is 0 Å². The van der Waals surface area contributed by atoms with Gasteiger partial charge in [-0.2, -0.15) is 0 Å². The van der Waals surface area contributed by atoms with Crippen molar-refractivity contribution in [3.8, 4) is 16.9 Å². The van der Waals surface area contributed by atoms with Gasteiger partial charge in [-0.05, 0) is 44.4 Å². The van der Waals surface area contributed by atoms with Gasteiger partial charge in [0.2, 0.25) is 5.91 Å². The smallest absolute Gasteiger partial charge is 0.235 e. The normalized spacial score (nSPS) is 18.2. The van der Waals surface area contributed by atoms with Crippen LogP contribution in [0.1, 0.15) is 24.5 Å². The van der Waals surface area contributed by atoms with Gasteiger partial charge < -0.3 is 4.90 Å². The molecular weight excluding hydrogens is 454 g/mol. The monoisotopic (exact) mass is 483 g/mol. The Morgan fingerprint density at radius 2 is 1.88 bits per heavy atom. The molecule has 8 heteroatoms. The molecule has 33 heavy (non-hydrogen) atoms. The molecule has 0 bridgehead atoms. The van der Waals surface area contributed by atoms with Gasteiger partial charge in [0, 0.05) is 18.7 Å². The number of carbonyl (C=O) groups excluding carboxylic acids is 1. The fraction of sp³-hybridized carbons (Fsp3) is 0.360. The molecule has 0 radical (unpaired) electrons. The summed E-state index contributed by atoms with van der Waals surface area (Å²) in [7, 11) is -1.35. The molecular formula is C25H29N3O3S2. The fourth-order valence-corrected chi connectivity index (χ4v) is 6.97. The zero-order valence-corrected chi connectivity index (χ0v) is 21.0. The Kier molecular flexibility index (Phi) is 6.68. The summed E-state index contributed by atoms with van der Waals surface area (Å²) < 4.78 is 25.9. The quantitative estimate of drug-likeness (QED) is 0.489. The maximum absolute atomic E-state index is 13.2. The van der Waals surface area contributed by atoms with Crippen LogP contribution in [-0.4, -0.2) is 58.6 Å². The first-order valence-electron chi connectivity index (χ1n) is 11.0. The molecule has 1 aliphatic heterocycles. The van der Waals surface area contributed by atoms with Gasteiger partial charge in [-0.3, -0.25) is 9.36 Å². The Labute approximate surface area is 199 Å². The van der Waals surface area contributed by atoms with Crippen LogP contribution in [-0.2, 0) is 14.6 Å². The number of sulfone groups is 1. The first-order chi connectivity index (χ1) is 15.7. The summed E-state index contributed by atoms with van der Waals surface area (Å²) >= 11 is 1.40. The number of nitrogens with zero attached hydrogens (tertiary/aromatic N) is 3. The number of aromatic nitrogens is 2. The van der Waals surface area contributed by atoms with Crippen LogP contribution in [0.25, 0.3) is 16.9 Å². The third kappa shape index (κ3) is 4.87. The average molecular weight is 484 g/mol. The number of hydrogen-bond donors (Lipinski definition) is 0. The second-order valence-electron chi connectivity index (χ2n) is 8.61. The minimum absolute atomic E-state index is 0.0435. The number of amides is 1. The summed E-state index contributed by atoms with van der Waals surface area (Å²) in [5.41, 5.74) is 5.37. The van der Waals surface area contributed by atoms with Crippen LogP contribution in [0, 0.1) is 13.8 Å². The number of aryl methyl sites for hydroxylation is 1. The van der Waals surface area contributed by atoms with Gasteiger partial charge in [0.15, 0.2) is 15.0 Å². The standard InChI is InChI=1S/C25H29N3O3S2/c1-17-9-8-12-22(18(17)2)28-23(20-10-6-5-7-11-20)15-26-25(28)32-19(3)24(29)27(4)21-13-14-33(30,31)16-21/h5-12,15,19,21H,13-14,16H2,1-4H3/t19-,21+/m1/s1. The molecule has 2 atom stereocenters. The lowest BCUT2D eigenvalue weighted by Crippen LogP contribution is -2.41. The molecule has 0 N–H and O–H groups in total. The van der Waals surface area contributed by atoms with Crippen molar-refractivity contribution >= 4 is 27.5 Å². The lowest BCUT2D eigenvalue weighted by Gasteiger charge is -2.26. The zero-order chi connectivity index (χ0) is 23.8. The molecule has 1 saturated heterocycles. The Balaban J connectivity index is 1.67. The predicted octanol–water partition coefficient (Wildman–Crippen LogP) is 4.28. The summed E-state index contributed by atoms with van der Waals surface area (Å²) in [6, 6.07) is 16.0. The highest BCUT2D eigenvalue weighted by Crippen LogP contribution is 2.34. The highest BCUT2D eigenvalue weighted by molar-refractivity contribution is 8.00. The number of carbonyl (C=O) groups is 1. The van der Waals surface area contributed by atoms with Gasteiger partial charge in [0.25, 0.3) is 0 Å². The maximum Gasteiger partial charge on any atom is 0.235 e. The van der Waals surface area contributed by atoms with E-state index in [1.807, 2.05) is 37.4 Å². The second kappa shape index (κ2) is 9.35. The van der Waals surface area contributed by atoms with Crippen LogP contribution in [0.4, 0.5) is 0 Å². The van der Waals surface area contributed by atoms with Crippen LogP contribution in [0.2, 0.25) is 0 Å². The van der Waals surface area contributed by atoms with Crippen molar-refractivity contribution in [1.82, 2.24) is 14.5 Å². The van der Waals surface area contributed by atoms with E-state index in [4.69, 9.17) is 4.98 Å². The highest BCUT2D eigenvalue weighted by Gasteiger charge is 2.34. The molecule has 0 unspecified atom stereocenters. The van der Waals surface area contributed by atoms with Gasteiger partial charge in [-0.1, -0.05) is 54.2 Å². The van der Waals surface area contributed by atoms with E-state index in [0.29, 0.717) is 6.42 Å². The molecule has 2 aromatic carbocycles. The molecule has 0 spiro atoms. The van der Waals surface area contributed by atoms with E-state index < -0.39 is 15.1 Å². The topological polar surface area (TPSA) is 72.3 Å². The SMILES string of the molecule is Cc1cccc(-n2c(-c3ccccc3)cnc2S[C@H](C)C(=O)N(C)[C@H]2CCS(=O)(=O)C2)c1C. The minimum Gasteiger partial charge on any atom is -0.341 e. The molecule has 174 valence electrons. The van der Waals surface area contributed by atoms with Crippen LogP contribution in [0.15, 0.2) is 59.9 Å². The summed E-state index contributed by atoms with van der Waals surface area (Å²) in [6.45, 7) is 6.04. The molecule has 3 aromatic rings. The largest absolute Gasteiger partial charge is 0.341 e. The van der Waals surface area contributed by atoms with Crippen molar-refractivity contribution in [2.45, 2.75) is 43.6 Å². The average Bonchev–Trinajstić information content (AvgIpc) is 3.38. The van der Waals surface area contributed by atoms with Crippen molar-refractivity contribution in [3.63, 3.8) is 0 Å². The number of rotatable bonds is 6. The summed E-state index contributed by atoms with van der Waals surface area (Å²) in [5.74, 6) is 0.106. The Hall–Kier alpha value is -2.58. The molecule has 0 aliphatic carbocycles. The van der Waals surface area contributed by atoms with Gasteiger partial charge in [0.05, 0.1) is 34.3 Å². The van der Waals surface area contributed by atoms with Crippen LogP contribution < -0.4 is 0 Å². The maximum atomic E-state index is 13.2. The number of hydrogen-bond acceptors (Lipinski definition) is 5. The molecule has 1 aromatic heterocycles. The van der Waals surface area contributed by atoms with Gasteiger partial charge >= 0.3 is 0 Å². The second-order valence-corrected chi connectivity index (χ2v) is 12.1. The van der Waals surface area contributed by atoms with E-state index in [9.17, 15) is 13.2 Å². The lowest BCUT2D eigenvalue weighted by atomic mass is 10.1. The van der Waals surface area contributed by atoms with Crippen molar-refractivity contribution in [2.75, 3.05) is 18.6 Å². The summed E-state index contributed by atoms with van der Waals surface area (Å²) in [4.78, 5) is 19.5. The molecule has 1 aliphatic rings. The van der Waals surface area contributed by atoms with Gasteiger partial charge in [-0.25, -0.2) is 13.4 Å². The molecule has 1 amide bonds. The number of benzene rings is 2. The third-order valence-electron chi connectivity index (χ3n) is 6.35. The Bertz CT molecular complexity index is 1270. The van der Waals surface area contributed by atoms with Crippen LogP contribution in [0.3, 0.4) is 0 Å². The molecule has 6 nitrogen and oxygen atoms in total. The van der Waals surface area contributed by atoms with Crippen molar-refractivity contribution < 1.29 is 13.2 Å². The first-order valence-corrected chi connectivity index (χ1v) is 13.7. The van der Waals surface area contributed by atoms with Crippen LogP contribution >= 0.6 is 11.8 Å². The number of thioether (sulfide) groups is 1. The highest BCUT2D eigenvalue weighted by atomic mass is 32.2. The van der Waals surface area contributed by atoms with E-state index in [1.54, 1.807) is 11.9 Å². The van der Waals surface area contributed by atoms with E-state index in [2.05, 4.69) is 42.7 Å². The minimum atomic E-state index is -3.05. The van der Waals surface area contributed by atoms with E-state index >= 15 is 0 Å². The van der Waals surface area contributed by atoms with Gasteiger partial charge in [-0.15, -0.1) is 0 Å². The first kappa shape index (κ1) is 23.6. The fourth-order valence-electron chi connectivity index (χ4n) is 4.20. The van der Waals surface area contributed by atoms with Crippen molar-refractivity contribution in [2.24, 2.45) is 0 Å². The van der Waals surface area contributed by atoms with Gasteiger partial charge in [0.1, 0.15) is 0 Å². The zero-order valence-electron chi connectivity index (χ0n) is 19.4. The molecule has 4 rings (SSSR count). The molecule has 0 saturated carbocycles. The summed E-state index contributed by atoms with van der Waals surface area (Å²) in [5, 5.41) is 0.323. The van der Waals surface area contributed by atoms with Crippen molar-refractivity contribution in [3.05, 3.63) is 65.9 Å². The summed E-state index contributed by atoms with van der Waals surface area (Å²) in [6.07, 6.45) is 2.35. The van der Waals surface area contributed by atoms with E-state index in [0.717, 1.165) is 27.7 Å². The molecule has 1 fully saturated rings. The Morgan fingerprint density at radius 1 is 1.15 bits per heavy atom. The predicted molar refractivity (Wildman–Crippen MR) is 134 cm³/mol. The lowest BCUT2D eigenvalue weighted by molar-refractivity contribution is -0.130. The van der Waals surface area contributed by atoms with Crippen LogP contribution in [0.5, 0.6) is 0 Å². The van der Waals surface area contributed by atoms with E-state index in [-0.39, 0.29) is 23.5 Å². The Morgan fingerprint density at radius 3 is 2.55 bits per heavy atom. The molecule has 2 heterocycles. The van der Waals surface area contributed by atoms with E-state index in [1.165, 1.54) is 17.3 Å². The third-order valence-corrected chi connectivity index (χ3v) is 9.15.